The Balaban J connectivity index is 0.000000956. The Labute approximate surface area is 123 Å². The Morgan fingerprint density at radius 1 is 1.30 bits per heavy atom. The summed E-state index contributed by atoms with van der Waals surface area (Å²) >= 11 is 3.14. The van der Waals surface area contributed by atoms with E-state index < -0.39 is 17.8 Å². The van der Waals surface area contributed by atoms with Crippen molar-refractivity contribution in [3.05, 3.63) is 34.3 Å². The van der Waals surface area contributed by atoms with Crippen molar-refractivity contribution >= 4 is 26.7 Å². The first-order chi connectivity index (χ1) is 9.29. The zero-order valence-electron chi connectivity index (χ0n) is 11.1. The number of nitrogens with zero attached hydrogens (tertiary/aromatic N) is 1. The van der Waals surface area contributed by atoms with E-state index >= 15 is 0 Å². The number of aryl methyl sites for hydroxylation is 1. The van der Waals surface area contributed by atoms with Gasteiger partial charge in [0.05, 0.1) is 0 Å². The topological polar surface area (TPSA) is 62.6 Å². The summed E-state index contributed by atoms with van der Waals surface area (Å²) in [7, 11) is 0. The summed E-state index contributed by atoms with van der Waals surface area (Å²) in [5.41, 5.74) is 0.506. The minimum absolute atomic E-state index is 0.210. The van der Waals surface area contributed by atoms with E-state index in [0.717, 1.165) is 6.07 Å². The van der Waals surface area contributed by atoms with Crippen molar-refractivity contribution in [3.63, 3.8) is 0 Å². The highest BCUT2D eigenvalue weighted by atomic mass is 79.9. The average molecular weight is 350 g/mol. The fourth-order valence-electron chi connectivity index (χ4n) is 1.65. The third-order valence-corrected chi connectivity index (χ3v) is 2.98. The van der Waals surface area contributed by atoms with Crippen molar-refractivity contribution in [1.29, 1.82) is 0 Å². The SMILES string of the molecule is CC.Cc1cncc2c(Br)cc(F)c(OC(O)(O)F)c12. The van der Waals surface area contributed by atoms with Gasteiger partial charge in [-0.05, 0) is 34.5 Å². The minimum Gasteiger partial charge on any atom is -0.409 e. The first kappa shape index (κ1) is 16.7. The van der Waals surface area contributed by atoms with Crippen molar-refractivity contribution in [2.45, 2.75) is 27.0 Å². The smallest absolute Gasteiger partial charge is 0.409 e. The number of aromatic nitrogens is 1. The molecule has 2 aromatic rings. The van der Waals surface area contributed by atoms with Crippen molar-refractivity contribution < 1.29 is 23.7 Å². The van der Waals surface area contributed by atoms with Crippen LogP contribution in [-0.2, 0) is 0 Å². The first-order valence-corrected chi connectivity index (χ1v) is 6.64. The predicted molar refractivity (Wildman–Crippen MR) is 74.4 cm³/mol. The van der Waals surface area contributed by atoms with Gasteiger partial charge >= 0.3 is 6.23 Å². The lowest BCUT2D eigenvalue weighted by Crippen LogP contribution is -2.29. The third-order valence-electron chi connectivity index (χ3n) is 2.32. The van der Waals surface area contributed by atoms with Crippen molar-refractivity contribution in [2.24, 2.45) is 0 Å². The molecule has 0 aliphatic carbocycles. The molecule has 0 bridgehead atoms. The second-order valence-electron chi connectivity index (χ2n) is 3.68. The molecule has 4 nitrogen and oxygen atoms in total. The molecule has 110 valence electrons. The summed E-state index contributed by atoms with van der Waals surface area (Å²) < 4.78 is 31.0. The molecule has 20 heavy (non-hydrogen) atoms. The van der Waals surface area contributed by atoms with Gasteiger partial charge in [-0.1, -0.05) is 13.8 Å². The maximum absolute atomic E-state index is 13.7. The van der Waals surface area contributed by atoms with Crippen molar-refractivity contribution in [1.82, 2.24) is 4.98 Å². The number of hydrogen-bond acceptors (Lipinski definition) is 4. The van der Waals surface area contributed by atoms with Crippen LogP contribution < -0.4 is 4.74 Å². The summed E-state index contributed by atoms with van der Waals surface area (Å²) in [6.07, 6.45) is -1.10. The van der Waals surface area contributed by atoms with Crippen LogP contribution in [0.3, 0.4) is 0 Å². The van der Waals surface area contributed by atoms with Gasteiger partial charge in [-0.2, -0.15) is 0 Å². The summed E-state index contributed by atoms with van der Waals surface area (Å²) in [5.74, 6) is -1.51. The highest BCUT2D eigenvalue weighted by molar-refractivity contribution is 9.10. The Kier molecular flexibility index (Phi) is 5.38. The number of pyridine rings is 1. The number of ether oxygens (including phenoxy) is 1. The summed E-state index contributed by atoms with van der Waals surface area (Å²) in [6, 6.07) is 1.03. The molecule has 0 fully saturated rings. The zero-order valence-corrected chi connectivity index (χ0v) is 12.7. The van der Waals surface area contributed by atoms with E-state index in [4.69, 9.17) is 10.2 Å². The molecule has 1 aromatic carbocycles. The largest absolute Gasteiger partial charge is 0.492 e. The van der Waals surface area contributed by atoms with Crippen molar-refractivity contribution in [3.8, 4) is 5.75 Å². The van der Waals surface area contributed by atoms with Crippen LogP contribution in [0.5, 0.6) is 5.75 Å². The van der Waals surface area contributed by atoms with Gasteiger partial charge < -0.3 is 14.9 Å². The Morgan fingerprint density at radius 2 is 1.90 bits per heavy atom. The minimum atomic E-state index is -3.95. The molecule has 1 heterocycles. The monoisotopic (exact) mass is 349 g/mol. The second kappa shape index (κ2) is 6.43. The van der Waals surface area contributed by atoms with E-state index in [1.807, 2.05) is 13.8 Å². The highest BCUT2D eigenvalue weighted by Crippen LogP contribution is 2.37. The molecule has 1 aromatic heterocycles. The zero-order chi connectivity index (χ0) is 15.5. The second-order valence-corrected chi connectivity index (χ2v) is 4.53. The molecular formula is C13H14BrF2NO3. The van der Waals surface area contributed by atoms with Gasteiger partial charge in [0.15, 0.2) is 11.6 Å². The Hall–Kier alpha value is -1.31. The van der Waals surface area contributed by atoms with E-state index in [1.165, 1.54) is 12.4 Å². The maximum Gasteiger partial charge on any atom is 0.492 e. The normalized spacial score (nSPS) is 11.0. The van der Waals surface area contributed by atoms with E-state index in [2.05, 4.69) is 25.7 Å². The number of rotatable bonds is 2. The van der Waals surface area contributed by atoms with Gasteiger partial charge in [0.1, 0.15) is 0 Å². The summed E-state index contributed by atoms with van der Waals surface area (Å²) in [6.45, 7) is 5.61. The van der Waals surface area contributed by atoms with E-state index in [-0.39, 0.29) is 5.39 Å². The van der Waals surface area contributed by atoms with E-state index in [1.54, 1.807) is 6.92 Å². The van der Waals surface area contributed by atoms with Gasteiger partial charge in [0.2, 0.25) is 0 Å². The number of halogens is 3. The maximum atomic E-state index is 13.7. The number of alkyl halides is 1. The lowest BCUT2D eigenvalue weighted by Gasteiger charge is -2.17. The van der Waals surface area contributed by atoms with Gasteiger partial charge in [-0.15, -0.1) is 4.39 Å². The van der Waals surface area contributed by atoms with Crippen LogP contribution in [0.15, 0.2) is 22.9 Å². The molecular weight excluding hydrogens is 336 g/mol. The summed E-state index contributed by atoms with van der Waals surface area (Å²) in [4.78, 5) is 3.91. The molecule has 0 atom stereocenters. The molecule has 7 heteroatoms. The predicted octanol–water partition coefficient (Wildman–Crippen LogP) is 3.42. The molecule has 2 N–H and O–H groups in total. The summed E-state index contributed by atoms with van der Waals surface area (Å²) in [5, 5.41) is 17.9. The van der Waals surface area contributed by atoms with Crippen LogP contribution in [-0.4, -0.2) is 21.4 Å². The van der Waals surface area contributed by atoms with Gasteiger partial charge in [0.25, 0.3) is 0 Å². The molecule has 0 saturated heterocycles. The third kappa shape index (κ3) is 3.62. The fourth-order valence-corrected chi connectivity index (χ4v) is 2.15. The lowest BCUT2D eigenvalue weighted by molar-refractivity contribution is -0.375. The van der Waals surface area contributed by atoms with Gasteiger partial charge in [0, 0.05) is 27.6 Å². The Bertz CT molecular complexity index is 615. The van der Waals surface area contributed by atoms with Crippen LogP contribution in [0.25, 0.3) is 10.8 Å². The lowest BCUT2D eigenvalue weighted by atomic mass is 10.1. The number of benzene rings is 1. The fraction of sp³-hybridized carbons (Fsp3) is 0.308. The van der Waals surface area contributed by atoms with Crippen LogP contribution in [0.4, 0.5) is 8.78 Å². The molecule has 0 spiro atoms. The van der Waals surface area contributed by atoms with Crippen LogP contribution >= 0.6 is 15.9 Å². The first-order valence-electron chi connectivity index (χ1n) is 5.84. The standard InChI is InChI=1S/C11H8BrF2NO3.C2H6/c1-5-3-15-4-6-7(12)2-8(13)10(9(5)6)18-11(14,16)17;1-2/h2-4,16-17H,1H3;1-2H3. The molecule has 0 saturated carbocycles. The highest BCUT2D eigenvalue weighted by Gasteiger charge is 2.28. The molecule has 0 unspecified atom stereocenters. The average Bonchev–Trinajstić information content (AvgIpc) is 2.36. The van der Waals surface area contributed by atoms with Gasteiger partial charge in [-0.3, -0.25) is 4.98 Å². The number of aliphatic hydroxyl groups is 2. The van der Waals surface area contributed by atoms with E-state index in [9.17, 15) is 8.78 Å². The molecule has 0 aliphatic rings. The molecule has 0 radical (unpaired) electrons. The molecule has 2 rings (SSSR count). The Morgan fingerprint density at radius 3 is 2.45 bits per heavy atom. The van der Waals surface area contributed by atoms with Gasteiger partial charge in [-0.25, -0.2) is 4.39 Å². The van der Waals surface area contributed by atoms with Crippen molar-refractivity contribution in [2.75, 3.05) is 0 Å². The molecule has 0 aliphatic heterocycles. The van der Waals surface area contributed by atoms with Crippen LogP contribution in [0, 0.1) is 12.7 Å². The van der Waals surface area contributed by atoms with Crippen LogP contribution in [0.2, 0.25) is 0 Å². The number of fused-ring (bicyclic) bond motifs is 1. The van der Waals surface area contributed by atoms with E-state index in [0.29, 0.717) is 15.4 Å². The number of hydrogen-bond donors (Lipinski definition) is 2. The molecule has 0 amide bonds. The van der Waals surface area contributed by atoms with Crippen LogP contribution in [0.1, 0.15) is 19.4 Å². The quantitative estimate of drug-likeness (QED) is 0.815.